The predicted molar refractivity (Wildman–Crippen MR) is 93.9 cm³/mol. The van der Waals surface area contributed by atoms with Crippen LogP contribution in [-0.2, 0) is 29.0 Å². The lowest BCUT2D eigenvalue weighted by molar-refractivity contribution is -0.945. The van der Waals surface area contributed by atoms with Gasteiger partial charge in [-0.05, 0) is 17.7 Å². The topological polar surface area (TPSA) is 43.6 Å². The Labute approximate surface area is 144 Å². The third-order valence-electron chi connectivity index (χ3n) is 4.65. The molecule has 1 N–H and O–H groups in total. The molecular weight excluding hydrogens is 320 g/mol. The first kappa shape index (κ1) is 15.3. The van der Waals surface area contributed by atoms with Crippen LogP contribution in [0.25, 0.3) is 10.2 Å². The summed E-state index contributed by atoms with van der Waals surface area (Å²) < 4.78 is 6.25. The molecule has 2 atom stereocenters. The number of hydrogen-bond acceptors (Lipinski definition) is 4. The van der Waals surface area contributed by atoms with E-state index in [0.717, 1.165) is 30.0 Å². The van der Waals surface area contributed by atoms with Gasteiger partial charge in [0.05, 0.1) is 17.3 Å². The summed E-state index contributed by atoms with van der Waals surface area (Å²) in [5.41, 5.74) is 3.60. The molecule has 0 amide bonds. The van der Waals surface area contributed by atoms with Crippen LogP contribution < -0.4 is 4.90 Å². The van der Waals surface area contributed by atoms with Gasteiger partial charge in [-0.3, -0.25) is 0 Å². The molecule has 1 aromatic heterocycles. The van der Waals surface area contributed by atoms with Gasteiger partial charge in [-0.25, -0.2) is 9.78 Å². The number of hydrogen-bond donors (Lipinski definition) is 1. The van der Waals surface area contributed by atoms with Crippen LogP contribution >= 0.6 is 11.3 Å². The summed E-state index contributed by atoms with van der Waals surface area (Å²) in [6.45, 7) is 1.57. The third-order valence-corrected chi connectivity index (χ3v) is 5.69. The van der Waals surface area contributed by atoms with Gasteiger partial charge in [-0.15, -0.1) is 11.3 Å². The first-order valence-corrected chi connectivity index (χ1v) is 8.90. The molecule has 4 nitrogen and oxygen atoms in total. The smallest absolute Gasteiger partial charge is 0.365 e. The van der Waals surface area contributed by atoms with E-state index >= 15 is 0 Å². The highest BCUT2D eigenvalue weighted by Gasteiger charge is 2.36. The van der Waals surface area contributed by atoms with Crippen molar-refractivity contribution in [2.24, 2.45) is 0 Å². The fourth-order valence-electron chi connectivity index (χ4n) is 3.43. The Morgan fingerprint density at radius 3 is 2.75 bits per heavy atom. The lowest BCUT2D eigenvalue weighted by Gasteiger charge is -2.31. The number of aromatic nitrogens is 1. The van der Waals surface area contributed by atoms with Crippen molar-refractivity contribution in [1.29, 1.82) is 0 Å². The van der Waals surface area contributed by atoms with Crippen molar-refractivity contribution in [3.05, 3.63) is 64.7 Å². The Bertz CT molecular complexity index is 857. The van der Waals surface area contributed by atoms with Gasteiger partial charge in [0, 0.05) is 12.0 Å². The summed E-state index contributed by atoms with van der Waals surface area (Å²) in [4.78, 5) is 18.2. The first-order valence-electron chi connectivity index (χ1n) is 8.08. The maximum absolute atomic E-state index is 12.3. The van der Waals surface area contributed by atoms with Crippen molar-refractivity contribution in [3.63, 3.8) is 0 Å². The van der Waals surface area contributed by atoms with Gasteiger partial charge in [0.25, 0.3) is 0 Å². The predicted octanol–water partition coefficient (Wildman–Crippen LogP) is 1.98. The number of methoxy groups -OCH3 is 1. The zero-order valence-electron chi connectivity index (χ0n) is 13.5. The number of para-hydroxylation sites is 1. The lowest BCUT2D eigenvalue weighted by atomic mass is 9.94. The number of fused-ring (bicyclic) bond motifs is 2. The van der Waals surface area contributed by atoms with E-state index in [1.54, 1.807) is 11.3 Å². The number of quaternary nitrogens is 1. The fourth-order valence-corrected chi connectivity index (χ4v) is 4.45. The maximum Gasteiger partial charge on any atom is 0.365 e. The van der Waals surface area contributed by atoms with Crippen LogP contribution in [0.4, 0.5) is 0 Å². The molecule has 0 saturated heterocycles. The molecule has 0 saturated carbocycles. The van der Waals surface area contributed by atoms with Gasteiger partial charge in [0.15, 0.2) is 6.04 Å². The summed E-state index contributed by atoms with van der Waals surface area (Å²) in [7, 11) is 1.47. The number of esters is 1. The van der Waals surface area contributed by atoms with Gasteiger partial charge in [-0.2, -0.15) is 0 Å². The SMILES string of the molecule is COC(=O)[C@H]1Cc2ccccc2C[NH+]1Cc1nc2ccccc2s1. The van der Waals surface area contributed by atoms with E-state index < -0.39 is 0 Å². The third kappa shape index (κ3) is 2.81. The number of rotatable bonds is 3. The first-order chi connectivity index (χ1) is 11.7. The number of nitrogens with one attached hydrogen (secondary N) is 1. The average Bonchev–Trinajstić information content (AvgIpc) is 3.02. The zero-order chi connectivity index (χ0) is 16.5. The van der Waals surface area contributed by atoms with Crippen LogP contribution in [0, 0.1) is 0 Å². The Balaban J connectivity index is 1.64. The van der Waals surface area contributed by atoms with E-state index in [0.29, 0.717) is 0 Å². The number of benzene rings is 2. The molecular formula is C19H19N2O2S+. The summed E-state index contributed by atoms with van der Waals surface area (Å²) in [6.07, 6.45) is 0.725. The standard InChI is InChI=1S/C19H18N2O2S/c1-23-19(22)16-10-13-6-2-3-7-14(13)11-21(16)12-18-20-15-8-4-5-9-17(15)24-18/h2-9,16H,10-12H2,1H3/p+1/t16-/m1/s1. The van der Waals surface area contributed by atoms with Crippen LogP contribution in [0.15, 0.2) is 48.5 Å². The molecule has 4 rings (SSSR count). The van der Waals surface area contributed by atoms with Crippen LogP contribution in [0.1, 0.15) is 16.1 Å². The van der Waals surface area contributed by atoms with E-state index in [1.165, 1.54) is 27.8 Å². The van der Waals surface area contributed by atoms with Crippen molar-refractivity contribution < 1.29 is 14.4 Å². The second-order valence-electron chi connectivity index (χ2n) is 6.14. The molecule has 1 aliphatic rings. The maximum atomic E-state index is 12.3. The minimum absolute atomic E-state index is 0.138. The largest absolute Gasteiger partial charge is 0.465 e. The quantitative estimate of drug-likeness (QED) is 0.742. The van der Waals surface area contributed by atoms with Crippen LogP contribution in [-0.4, -0.2) is 24.1 Å². The molecule has 1 aliphatic heterocycles. The molecule has 1 unspecified atom stereocenters. The van der Waals surface area contributed by atoms with Gasteiger partial charge in [0.1, 0.15) is 18.1 Å². The van der Waals surface area contributed by atoms with Crippen molar-refractivity contribution >= 4 is 27.5 Å². The molecule has 3 aromatic rings. The monoisotopic (exact) mass is 339 g/mol. The number of carbonyl (C=O) groups excluding carboxylic acids is 1. The molecule has 0 radical (unpaired) electrons. The van der Waals surface area contributed by atoms with E-state index in [1.807, 2.05) is 24.3 Å². The fraction of sp³-hybridized carbons (Fsp3) is 0.263. The van der Waals surface area contributed by atoms with Crippen molar-refractivity contribution in [1.82, 2.24) is 4.98 Å². The minimum atomic E-state index is -0.170. The van der Waals surface area contributed by atoms with Gasteiger partial charge < -0.3 is 9.64 Å². The molecule has 0 spiro atoms. The Kier molecular flexibility index (Phi) is 4.04. The summed E-state index contributed by atoms with van der Waals surface area (Å²) >= 11 is 1.71. The number of carbonyl (C=O) groups is 1. The minimum Gasteiger partial charge on any atom is -0.465 e. The molecule has 2 heterocycles. The average molecular weight is 339 g/mol. The molecule has 122 valence electrons. The van der Waals surface area contributed by atoms with E-state index in [4.69, 9.17) is 9.72 Å². The molecule has 0 fully saturated rings. The highest BCUT2D eigenvalue weighted by Crippen LogP contribution is 2.21. The van der Waals surface area contributed by atoms with Gasteiger partial charge in [-0.1, -0.05) is 36.4 Å². The normalized spacial score (nSPS) is 19.9. The van der Waals surface area contributed by atoms with Gasteiger partial charge in [0.2, 0.25) is 0 Å². The summed E-state index contributed by atoms with van der Waals surface area (Å²) in [5.74, 6) is -0.138. The van der Waals surface area contributed by atoms with E-state index in [2.05, 4.69) is 24.3 Å². The van der Waals surface area contributed by atoms with Crippen molar-refractivity contribution in [2.75, 3.05) is 7.11 Å². The molecule has 2 aromatic carbocycles. The molecule has 5 heteroatoms. The number of thiazole rings is 1. The molecule has 0 aliphatic carbocycles. The Morgan fingerprint density at radius 2 is 1.96 bits per heavy atom. The lowest BCUT2D eigenvalue weighted by Crippen LogP contribution is -3.15. The second kappa shape index (κ2) is 6.34. The summed E-state index contributed by atoms with van der Waals surface area (Å²) in [6, 6.07) is 16.4. The van der Waals surface area contributed by atoms with Crippen LogP contribution in [0.2, 0.25) is 0 Å². The van der Waals surface area contributed by atoms with Crippen molar-refractivity contribution in [2.45, 2.75) is 25.6 Å². The Hall–Kier alpha value is -2.24. The van der Waals surface area contributed by atoms with E-state index in [9.17, 15) is 4.79 Å². The summed E-state index contributed by atoms with van der Waals surface area (Å²) in [5, 5.41) is 1.07. The zero-order valence-corrected chi connectivity index (χ0v) is 14.3. The van der Waals surface area contributed by atoms with Crippen LogP contribution in [0.3, 0.4) is 0 Å². The molecule has 0 bridgehead atoms. The molecule has 24 heavy (non-hydrogen) atoms. The second-order valence-corrected chi connectivity index (χ2v) is 7.25. The van der Waals surface area contributed by atoms with E-state index in [-0.39, 0.29) is 12.0 Å². The number of ether oxygens (including phenoxy) is 1. The highest BCUT2D eigenvalue weighted by atomic mass is 32.1. The number of nitrogens with zero attached hydrogens (tertiary/aromatic N) is 1. The van der Waals surface area contributed by atoms with Crippen molar-refractivity contribution in [3.8, 4) is 0 Å². The van der Waals surface area contributed by atoms with Gasteiger partial charge >= 0.3 is 5.97 Å². The highest BCUT2D eigenvalue weighted by molar-refractivity contribution is 7.18. The van der Waals surface area contributed by atoms with Crippen LogP contribution in [0.5, 0.6) is 0 Å². The Morgan fingerprint density at radius 1 is 1.21 bits per heavy atom.